The van der Waals surface area contributed by atoms with E-state index in [1.807, 2.05) is 92.7 Å². The standard InChI is InChI=1S/C31H37BrN2O3/c1-22(2)33-30(36)27(19-23-11-7-6-8-12-23)34(20-24-15-17-25(32)18-16-24)29(35)21-37-28-14-10-9-13-26(28)31(3,4)5/h6-18,22,27H,19-21H2,1-5H3,(H,33,36). The average molecular weight is 566 g/mol. The molecule has 0 spiro atoms. The Bertz CT molecular complexity index is 1170. The van der Waals surface area contributed by atoms with Crippen LogP contribution in [0.4, 0.5) is 0 Å². The maximum absolute atomic E-state index is 13.8. The van der Waals surface area contributed by atoms with Gasteiger partial charge in [-0.3, -0.25) is 9.59 Å². The van der Waals surface area contributed by atoms with Gasteiger partial charge >= 0.3 is 0 Å². The Kier molecular flexibility index (Phi) is 9.93. The zero-order valence-electron chi connectivity index (χ0n) is 22.3. The summed E-state index contributed by atoms with van der Waals surface area (Å²) in [4.78, 5) is 28.9. The van der Waals surface area contributed by atoms with Gasteiger partial charge in [-0.05, 0) is 54.2 Å². The third-order valence-electron chi connectivity index (χ3n) is 6.01. The molecule has 0 saturated heterocycles. The van der Waals surface area contributed by atoms with Crippen molar-refractivity contribution in [1.82, 2.24) is 10.2 Å². The number of para-hydroxylation sites is 1. The minimum absolute atomic E-state index is 0.0506. The van der Waals surface area contributed by atoms with E-state index in [-0.39, 0.29) is 29.9 Å². The van der Waals surface area contributed by atoms with E-state index in [1.165, 1.54) is 0 Å². The van der Waals surface area contributed by atoms with Gasteiger partial charge in [0.05, 0.1) is 0 Å². The monoisotopic (exact) mass is 564 g/mol. The summed E-state index contributed by atoms with van der Waals surface area (Å²) in [6.45, 7) is 10.3. The second-order valence-electron chi connectivity index (χ2n) is 10.6. The summed E-state index contributed by atoms with van der Waals surface area (Å²) in [5.74, 6) is 0.254. The molecule has 1 N–H and O–H groups in total. The first-order valence-corrected chi connectivity index (χ1v) is 13.4. The number of hydrogen-bond acceptors (Lipinski definition) is 3. The highest BCUT2D eigenvalue weighted by Crippen LogP contribution is 2.31. The van der Waals surface area contributed by atoms with Gasteiger partial charge in [-0.15, -0.1) is 0 Å². The zero-order valence-corrected chi connectivity index (χ0v) is 23.9. The number of ether oxygens (including phenoxy) is 1. The minimum atomic E-state index is -0.692. The Hall–Kier alpha value is -3.12. The molecular formula is C31H37BrN2O3. The molecule has 0 saturated carbocycles. The first kappa shape index (κ1) is 28.5. The molecule has 0 aliphatic carbocycles. The van der Waals surface area contributed by atoms with Crippen LogP contribution in [-0.4, -0.2) is 35.4 Å². The van der Waals surface area contributed by atoms with Gasteiger partial charge in [0.15, 0.2) is 6.61 Å². The summed E-state index contributed by atoms with van der Waals surface area (Å²) >= 11 is 3.47. The molecule has 3 rings (SSSR count). The van der Waals surface area contributed by atoms with E-state index >= 15 is 0 Å². The number of carbonyl (C=O) groups excluding carboxylic acids is 2. The molecule has 2 amide bonds. The van der Waals surface area contributed by atoms with Crippen molar-refractivity contribution in [1.29, 1.82) is 0 Å². The predicted molar refractivity (Wildman–Crippen MR) is 153 cm³/mol. The van der Waals surface area contributed by atoms with E-state index < -0.39 is 6.04 Å². The van der Waals surface area contributed by atoms with Crippen LogP contribution >= 0.6 is 15.9 Å². The molecule has 0 aliphatic rings. The van der Waals surface area contributed by atoms with Crippen LogP contribution in [0.15, 0.2) is 83.3 Å². The Labute approximate surface area is 229 Å². The summed E-state index contributed by atoms with van der Waals surface area (Å²) in [7, 11) is 0. The van der Waals surface area contributed by atoms with Crippen LogP contribution in [-0.2, 0) is 28.0 Å². The van der Waals surface area contributed by atoms with Crippen molar-refractivity contribution < 1.29 is 14.3 Å². The van der Waals surface area contributed by atoms with Crippen LogP contribution in [0.3, 0.4) is 0 Å². The third kappa shape index (κ3) is 8.46. The SMILES string of the molecule is CC(C)NC(=O)C(Cc1ccccc1)N(Cc1ccc(Br)cc1)C(=O)COc1ccccc1C(C)(C)C. The Morgan fingerprint density at radius 2 is 1.51 bits per heavy atom. The highest BCUT2D eigenvalue weighted by atomic mass is 79.9. The van der Waals surface area contributed by atoms with Crippen LogP contribution in [0.5, 0.6) is 5.75 Å². The highest BCUT2D eigenvalue weighted by Gasteiger charge is 2.31. The molecule has 0 heterocycles. The number of nitrogens with zero attached hydrogens (tertiary/aromatic N) is 1. The summed E-state index contributed by atoms with van der Waals surface area (Å²) in [5, 5.41) is 3.02. The Balaban J connectivity index is 1.93. The van der Waals surface area contributed by atoms with E-state index in [1.54, 1.807) is 4.90 Å². The molecule has 0 radical (unpaired) electrons. The molecule has 1 atom stereocenters. The molecular weight excluding hydrogens is 528 g/mol. The smallest absolute Gasteiger partial charge is 0.261 e. The summed E-state index contributed by atoms with van der Waals surface area (Å²) < 4.78 is 7.05. The molecule has 37 heavy (non-hydrogen) atoms. The number of hydrogen-bond donors (Lipinski definition) is 1. The number of carbonyl (C=O) groups is 2. The van der Waals surface area contributed by atoms with Crippen molar-refractivity contribution in [2.45, 2.75) is 65.1 Å². The number of halogens is 1. The lowest BCUT2D eigenvalue weighted by Gasteiger charge is -2.32. The van der Waals surface area contributed by atoms with Crippen LogP contribution < -0.4 is 10.1 Å². The largest absolute Gasteiger partial charge is 0.483 e. The fourth-order valence-corrected chi connectivity index (χ4v) is 4.42. The Morgan fingerprint density at radius 1 is 0.892 bits per heavy atom. The summed E-state index contributed by atoms with van der Waals surface area (Å²) in [6, 6.07) is 24.6. The van der Waals surface area contributed by atoms with Gasteiger partial charge < -0.3 is 15.0 Å². The van der Waals surface area contributed by atoms with Crippen LogP contribution in [0.2, 0.25) is 0 Å². The number of nitrogens with one attached hydrogen (secondary N) is 1. The summed E-state index contributed by atoms with van der Waals surface area (Å²) in [5.41, 5.74) is 2.81. The van der Waals surface area contributed by atoms with E-state index in [4.69, 9.17) is 4.74 Å². The lowest BCUT2D eigenvalue weighted by atomic mass is 9.86. The van der Waals surface area contributed by atoms with Gasteiger partial charge in [0.1, 0.15) is 11.8 Å². The van der Waals surface area contributed by atoms with Crippen LogP contribution in [0, 0.1) is 0 Å². The Morgan fingerprint density at radius 3 is 2.14 bits per heavy atom. The van der Waals surface area contributed by atoms with E-state index in [9.17, 15) is 9.59 Å². The van der Waals surface area contributed by atoms with Gasteiger partial charge in [-0.2, -0.15) is 0 Å². The third-order valence-corrected chi connectivity index (χ3v) is 6.54. The van der Waals surface area contributed by atoms with Crippen molar-refractivity contribution >= 4 is 27.7 Å². The molecule has 196 valence electrons. The second-order valence-corrected chi connectivity index (χ2v) is 11.5. The molecule has 5 nitrogen and oxygen atoms in total. The fourth-order valence-electron chi connectivity index (χ4n) is 4.16. The van der Waals surface area contributed by atoms with Gasteiger partial charge in [-0.1, -0.05) is 97.4 Å². The van der Waals surface area contributed by atoms with Crippen molar-refractivity contribution in [2.24, 2.45) is 0 Å². The van der Waals surface area contributed by atoms with Crippen molar-refractivity contribution in [3.63, 3.8) is 0 Å². The first-order chi connectivity index (χ1) is 17.5. The maximum Gasteiger partial charge on any atom is 0.261 e. The van der Waals surface area contributed by atoms with E-state index in [0.29, 0.717) is 18.7 Å². The van der Waals surface area contributed by atoms with E-state index in [2.05, 4.69) is 42.0 Å². The van der Waals surface area contributed by atoms with Crippen molar-refractivity contribution in [2.75, 3.05) is 6.61 Å². The fraction of sp³-hybridized carbons (Fsp3) is 0.355. The molecule has 1 unspecified atom stereocenters. The molecule has 0 aromatic heterocycles. The predicted octanol–water partition coefficient (Wildman–Crippen LogP) is 6.29. The molecule has 0 aliphatic heterocycles. The minimum Gasteiger partial charge on any atom is -0.483 e. The molecule has 0 bridgehead atoms. The molecule has 3 aromatic carbocycles. The molecule has 6 heteroatoms. The lowest BCUT2D eigenvalue weighted by Crippen LogP contribution is -2.52. The normalized spacial score (nSPS) is 12.2. The van der Waals surface area contributed by atoms with Crippen LogP contribution in [0.25, 0.3) is 0 Å². The lowest BCUT2D eigenvalue weighted by molar-refractivity contribution is -0.143. The quantitative estimate of drug-likeness (QED) is 0.315. The van der Waals surface area contributed by atoms with Gasteiger partial charge in [0.2, 0.25) is 5.91 Å². The number of amides is 2. The summed E-state index contributed by atoms with van der Waals surface area (Å²) in [6.07, 6.45) is 0.403. The van der Waals surface area contributed by atoms with Crippen LogP contribution in [0.1, 0.15) is 51.3 Å². The molecule has 0 fully saturated rings. The number of rotatable bonds is 10. The van der Waals surface area contributed by atoms with Gasteiger partial charge in [0, 0.05) is 23.5 Å². The maximum atomic E-state index is 13.8. The van der Waals surface area contributed by atoms with Crippen molar-refractivity contribution in [3.8, 4) is 5.75 Å². The topological polar surface area (TPSA) is 58.6 Å². The van der Waals surface area contributed by atoms with Gasteiger partial charge in [0.25, 0.3) is 5.91 Å². The first-order valence-electron chi connectivity index (χ1n) is 12.6. The number of benzene rings is 3. The zero-order chi connectivity index (χ0) is 27.0. The average Bonchev–Trinajstić information content (AvgIpc) is 2.85. The molecule has 3 aromatic rings. The van der Waals surface area contributed by atoms with Gasteiger partial charge in [-0.25, -0.2) is 0 Å². The van der Waals surface area contributed by atoms with E-state index in [0.717, 1.165) is 21.2 Å². The second kappa shape index (κ2) is 12.9. The highest BCUT2D eigenvalue weighted by molar-refractivity contribution is 9.10. The van der Waals surface area contributed by atoms with Crippen molar-refractivity contribution in [3.05, 3.63) is 100 Å².